The number of oxime groups is 1. The van der Waals surface area contributed by atoms with Crippen molar-refractivity contribution in [3.05, 3.63) is 35.9 Å². The maximum absolute atomic E-state index is 5.30. The molecule has 2 rings (SSSR count). The molecule has 1 unspecified atom stereocenters. The average molecular weight is 161 g/mol. The van der Waals surface area contributed by atoms with E-state index in [1.165, 1.54) is 5.56 Å². The SMILES string of the molecule is CC1(c2ccccc2)CC=NO1. The van der Waals surface area contributed by atoms with Gasteiger partial charge in [-0.2, -0.15) is 0 Å². The van der Waals surface area contributed by atoms with Crippen molar-refractivity contribution in [2.45, 2.75) is 18.9 Å². The summed E-state index contributed by atoms with van der Waals surface area (Å²) in [6.07, 6.45) is 2.67. The van der Waals surface area contributed by atoms with E-state index in [0.717, 1.165) is 6.42 Å². The van der Waals surface area contributed by atoms with Crippen LogP contribution in [0.5, 0.6) is 0 Å². The molecule has 0 saturated heterocycles. The van der Waals surface area contributed by atoms with Gasteiger partial charge in [-0.3, -0.25) is 0 Å². The highest BCUT2D eigenvalue weighted by molar-refractivity contribution is 5.60. The van der Waals surface area contributed by atoms with Crippen LogP contribution < -0.4 is 0 Å². The highest BCUT2D eigenvalue weighted by atomic mass is 16.7. The summed E-state index contributed by atoms with van der Waals surface area (Å²) >= 11 is 0. The van der Waals surface area contributed by atoms with Gasteiger partial charge in [0.15, 0.2) is 5.60 Å². The number of rotatable bonds is 1. The summed E-state index contributed by atoms with van der Waals surface area (Å²) in [6, 6.07) is 10.2. The summed E-state index contributed by atoms with van der Waals surface area (Å²) in [5.41, 5.74) is 0.948. The monoisotopic (exact) mass is 161 g/mol. The van der Waals surface area contributed by atoms with E-state index in [-0.39, 0.29) is 5.60 Å². The predicted molar refractivity (Wildman–Crippen MR) is 48.0 cm³/mol. The maximum atomic E-state index is 5.30. The lowest BCUT2D eigenvalue weighted by molar-refractivity contribution is -0.00738. The van der Waals surface area contributed by atoms with Gasteiger partial charge in [0, 0.05) is 12.6 Å². The Bertz CT molecular complexity index is 284. The van der Waals surface area contributed by atoms with Gasteiger partial charge in [-0.1, -0.05) is 35.5 Å². The molecule has 62 valence electrons. The van der Waals surface area contributed by atoms with Crippen molar-refractivity contribution in [1.82, 2.24) is 0 Å². The van der Waals surface area contributed by atoms with E-state index in [1.54, 1.807) is 0 Å². The van der Waals surface area contributed by atoms with Crippen LogP contribution in [0.1, 0.15) is 18.9 Å². The quantitative estimate of drug-likeness (QED) is 0.619. The first-order chi connectivity index (χ1) is 5.81. The van der Waals surface area contributed by atoms with Crippen molar-refractivity contribution in [1.29, 1.82) is 0 Å². The Balaban J connectivity index is 2.31. The van der Waals surface area contributed by atoms with Gasteiger partial charge < -0.3 is 4.84 Å². The fraction of sp³-hybridized carbons (Fsp3) is 0.300. The molecule has 0 N–H and O–H groups in total. The molecule has 0 bridgehead atoms. The number of nitrogens with zero attached hydrogens (tertiary/aromatic N) is 1. The Morgan fingerprint density at radius 3 is 2.67 bits per heavy atom. The largest absolute Gasteiger partial charge is 0.385 e. The lowest BCUT2D eigenvalue weighted by Gasteiger charge is -2.21. The molecule has 2 nitrogen and oxygen atoms in total. The normalized spacial score (nSPS) is 27.1. The second-order valence-corrected chi connectivity index (χ2v) is 3.18. The van der Waals surface area contributed by atoms with Crippen molar-refractivity contribution in [2.24, 2.45) is 5.16 Å². The van der Waals surface area contributed by atoms with Crippen LogP contribution >= 0.6 is 0 Å². The zero-order chi connectivity index (χ0) is 8.44. The molecule has 1 aromatic rings. The topological polar surface area (TPSA) is 21.6 Å². The fourth-order valence-electron chi connectivity index (χ4n) is 1.36. The molecule has 0 radical (unpaired) electrons. The summed E-state index contributed by atoms with van der Waals surface area (Å²) in [7, 11) is 0. The van der Waals surface area contributed by atoms with Crippen molar-refractivity contribution in [3.8, 4) is 0 Å². The van der Waals surface area contributed by atoms with Crippen LogP contribution in [0.3, 0.4) is 0 Å². The van der Waals surface area contributed by atoms with E-state index in [9.17, 15) is 0 Å². The van der Waals surface area contributed by atoms with Gasteiger partial charge in [0.1, 0.15) is 0 Å². The van der Waals surface area contributed by atoms with Crippen LogP contribution in [0.4, 0.5) is 0 Å². The van der Waals surface area contributed by atoms with E-state index in [0.29, 0.717) is 0 Å². The van der Waals surface area contributed by atoms with Gasteiger partial charge in [0.05, 0.1) is 0 Å². The van der Waals surface area contributed by atoms with Gasteiger partial charge in [0.2, 0.25) is 0 Å². The molecule has 0 aromatic heterocycles. The number of hydrogen-bond donors (Lipinski definition) is 0. The summed E-state index contributed by atoms with van der Waals surface area (Å²) in [4.78, 5) is 5.30. The first kappa shape index (κ1) is 7.35. The van der Waals surface area contributed by atoms with Crippen molar-refractivity contribution in [3.63, 3.8) is 0 Å². The number of benzene rings is 1. The smallest absolute Gasteiger partial charge is 0.164 e. The molecule has 1 aromatic carbocycles. The summed E-state index contributed by atoms with van der Waals surface area (Å²) < 4.78 is 0. The van der Waals surface area contributed by atoms with Crippen molar-refractivity contribution in [2.75, 3.05) is 0 Å². The van der Waals surface area contributed by atoms with E-state index in [2.05, 4.69) is 24.2 Å². The van der Waals surface area contributed by atoms with Gasteiger partial charge in [-0.25, -0.2) is 0 Å². The molecular weight excluding hydrogens is 150 g/mol. The summed E-state index contributed by atoms with van der Waals surface area (Å²) in [6.45, 7) is 2.05. The second-order valence-electron chi connectivity index (χ2n) is 3.18. The molecule has 0 saturated carbocycles. The minimum absolute atomic E-state index is 0.235. The minimum atomic E-state index is -0.235. The predicted octanol–water partition coefficient (Wildman–Crippen LogP) is 2.31. The standard InChI is InChI=1S/C10H11NO/c1-10(7-8-11-12-10)9-5-3-2-4-6-9/h2-6,8H,7H2,1H3. The van der Waals surface area contributed by atoms with Crippen molar-refractivity contribution < 1.29 is 4.84 Å². The van der Waals surface area contributed by atoms with E-state index in [4.69, 9.17) is 4.84 Å². The zero-order valence-corrected chi connectivity index (χ0v) is 7.03. The highest BCUT2D eigenvalue weighted by Gasteiger charge is 2.31. The van der Waals surface area contributed by atoms with Gasteiger partial charge in [-0.15, -0.1) is 0 Å². The molecular formula is C10H11NO. The van der Waals surface area contributed by atoms with Crippen LogP contribution in [0.2, 0.25) is 0 Å². The maximum Gasteiger partial charge on any atom is 0.164 e. The van der Waals surface area contributed by atoms with Crippen LogP contribution in [-0.2, 0) is 10.4 Å². The molecule has 1 atom stereocenters. The fourth-order valence-corrected chi connectivity index (χ4v) is 1.36. The summed E-state index contributed by atoms with van der Waals surface area (Å²) in [5, 5.41) is 3.79. The Morgan fingerprint density at radius 2 is 2.08 bits per heavy atom. The van der Waals surface area contributed by atoms with Gasteiger partial charge >= 0.3 is 0 Å². The molecule has 12 heavy (non-hydrogen) atoms. The molecule has 0 aliphatic carbocycles. The third kappa shape index (κ3) is 1.09. The van der Waals surface area contributed by atoms with E-state index < -0.39 is 0 Å². The van der Waals surface area contributed by atoms with Gasteiger partial charge in [0.25, 0.3) is 0 Å². The zero-order valence-electron chi connectivity index (χ0n) is 7.03. The molecule has 0 fully saturated rings. The molecule has 0 amide bonds. The molecule has 1 aliphatic heterocycles. The summed E-state index contributed by atoms with van der Waals surface area (Å²) in [5.74, 6) is 0. The Kier molecular flexibility index (Phi) is 1.61. The minimum Gasteiger partial charge on any atom is -0.385 e. The van der Waals surface area contributed by atoms with E-state index >= 15 is 0 Å². The van der Waals surface area contributed by atoms with Crippen molar-refractivity contribution >= 4 is 6.21 Å². The van der Waals surface area contributed by atoms with Crippen LogP contribution in [-0.4, -0.2) is 6.21 Å². The first-order valence-corrected chi connectivity index (χ1v) is 4.07. The molecule has 1 heterocycles. The Hall–Kier alpha value is -1.31. The lowest BCUT2D eigenvalue weighted by Crippen LogP contribution is -2.19. The third-order valence-corrected chi connectivity index (χ3v) is 2.19. The van der Waals surface area contributed by atoms with E-state index in [1.807, 2.05) is 24.4 Å². The number of hydrogen-bond acceptors (Lipinski definition) is 2. The molecule has 2 heteroatoms. The average Bonchev–Trinajstić information content (AvgIpc) is 2.55. The third-order valence-electron chi connectivity index (χ3n) is 2.19. The van der Waals surface area contributed by atoms with Gasteiger partial charge in [-0.05, 0) is 12.5 Å². The second kappa shape index (κ2) is 2.63. The van der Waals surface area contributed by atoms with Crippen LogP contribution in [0.15, 0.2) is 35.5 Å². The Labute approximate surface area is 71.8 Å². The van der Waals surface area contributed by atoms with Crippen LogP contribution in [0, 0.1) is 0 Å². The highest BCUT2D eigenvalue weighted by Crippen LogP contribution is 2.31. The first-order valence-electron chi connectivity index (χ1n) is 4.07. The lowest BCUT2D eigenvalue weighted by atomic mass is 9.94. The molecule has 1 aliphatic rings. The van der Waals surface area contributed by atoms with Crippen LogP contribution in [0.25, 0.3) is 0 Å². The Morgan fingerprint density at radius 1 is 1.33 bits per heavy atom. The molecule has 0 spiro atoms.